The van der Waals surface area contributed by atoms with Gasteiger partial charge in [-0.05, 0) is 47.5 Å². The first-order valence-corrected chi connectivity index (χ1v) is 9.48. The molecule has 0 amide bonds. The fourth-order valence-electron chi connectivity index (χ4n) is 2.64. The Morgan fingerprint density at radius 1 is 0.920 bits per heavy atom. The molecule has 0 saturated carbocycles. The number of hydrogen-bond donors (Lipinski definition) is 0. The zero-order valence-electron chi connectivity index (χ0n) is 13.4. The van der Waals surface area contributed by atoms with Crippen LogP contribution in [0.2, 0.25) is 0 Å². The largest absolute Gasteiger partial charge is 0.281 e. The van der Waals surface area contributed by atoms with Crippen molar-refractivity contribution in [2.45, 2.75) is 4.90 Å². The summed E-state index contributed by atoms with van der Waals surface area (Å²) in [6, 6.07) is 16.2. The molecule has 0 fully saturated rings. The zero-order valence-corrected chi connectivity index (χ0v) is 14.2. The lowest BCUT2D eigenvalue weighted by molar-refractivity contribution is 0.602. The van der Waals surface area contributed by atoms with Crippen LogP contribution in [-0.4, -0.2) is 34.3 Å². The lowest BCUT2D eigenvalue weighted by Crippen LogP contribution is -1.97. The monoisotopic (exact) mass is 350 g/mol. The summed E-state index contributed by atoms with van der Waals surface area (Å²) >= 11 is 0. The fourth-order valence-corrected chi connectivity index (χ4v) is 3.30. The molecular formula is C18H14N4O2S. The third kappa shape index (κ3) is 2.89. The summed E-state index contributed by atoms with van der Waals surface area (Å²) in [5.41, 5.74) is 3.10. The molecule has 0 aliphatic carbocycles. The number of fused-ring (bicyclic) bond motifs is 1. The summed E-state index contributed by atoms with van der Waals surface area (Å²) in [7, 11) is -3.26. The highest BCUT2D eigenvalue weighted by molar-refractivity contribution is 7.90. The van der Waals surface area contributed by atoms with E-state index in [9.17, 15) is 8.42 Å². The van der Waals surface area contributed by atoms with Crippen molar-refractivity contribution in [1.82, 2.24) is 19.6 Å². The number of benzene rings is 1. The Hall–Kier alpha value is -3.06. The molecule has 7 heteroatoms. The molecule has 0 N–H and O–H groups in total. The van der Waals surface area contributed by atoms with Gasteiger partial charge in [-0.15, -0.1) is 10.2 Å². The third-order valence-corrected chi connectivity index (χ3v) is 5.00. The Kier molecular flexibility index (Phi) is 3.58. The summed E-state index contributed by atoms with van der Waals surface area (Å²) < 4.78 is 25.4. The highest BCUT2D eigenvalue weighted by Crippen LogP contribution is 2.25. The maximum atomic E-state index is 11.8. The predicted molar refractivity (Wildman–Crippen MR) is 94.8 cm³/mol. The molecule has 0 aliphatic heterocycles. The molecule has 3 aromatic heterocycles. The molecule has 0 atom stereocenters. The first-order valence-electron chi connectivity index (χ1n) is 7.59. The molecule has 0 spiro atoms. The van der Waals surface area contributed by atoms with Crippen molar-refractivity contribution in [2.75, 3.05) is 6.26 Å². The maximum absolute atomic E-state index is 11.8. The van der Waals surface area contributed by atoms with E-state index in [2.05, 4.69) is 15.2 Å². The Labute approximate surface area is 144 Å². The van der Waals surface area contributed by atoms with Gasteiger partial charge in [0.15, 0.2) is 21.3 Å². The minimum absolute atomic E-state index is 0.291. The second-order valence-corrected chi connectivity index (χ2v) is 7.70. The van der Waals surface area contributed by atoms with Crippen LogP contribution in [0.3, 0.4) is 0 Å². The molecule has 0 unspecified atom stereocenters. The molecule has 0 saturated heterocycles. The first kappa shape index (κ1) is 15.5. The molecule has 4 aromatic rings. The van der Waals surface area contributed by atoms with E-state index in [0.717, 1.165) is 16.8 Å². The van der Waals surface area contributed by atoms with E-state index >= 15 is 0 Å². The lowest BCUT2D eigenvalue weighted by Gasteiger charge is -2.06. The second kappa shape index (κ2) is 5.78. The van der Waals surface area contributed by atoms with Crippen LogP contribution in [0.5, 0.6) is 0 Å². The summed E-state index contributed by atoms with van der Waals surface area (Å²) in [6.45, 7) is 0. The number of nitrogens with zero attached hydrogens (tertiary/aromatic N) is 4. The zero-order chi connectivity index (χ0) is 17.4. The van der Waals surface area contributed by atoms with Crippen molar-refractivity contribution >= 4 is 15.5 Å². The van der Waals surface area contributed by atoms with Gasteiger partial charge in [0.25, 0.3) is 0 Å². The molecule has 124 valence electrons. The molecular weight excluding hydrogens is 336 g/mol. The normalized spacial score (nSPS) is 11.7. The van der Waals surface area contributed by atoms with Gasteiger partial charge < -0.3 is 0 Å². The van der Waals surface area contributed by atoms with Crippen molar-refractivity contribution in [3.8, 4) is 22.6 Å². The van der Waals surface area contributed by atoms with Crippen LogP contribution < -0.4 is 0 Å². The minimum atomic E-state index is -3.26. The van der Waals surface area contributed by atoms with Crippen LogP contribution in [-0.2, 0) is 9.84 Å². The Balaban J connectivity index is 1.87. The van der Waals surface area contributed by atoms with E-state index < -0.39 is 9.84 Å². The van der Waals surface area contributed by atoms with Gasteiger partial charge in [-0.25, -0.2) is 8.42 Å². The van der Waals surface area contributed by atoms with E-state index in [4.69, 9.17) is 0 Å². The van der Waals surface area contributed by atoms with Crippen molar-refractivity contribution in [2.24, 2.45) is 0 Å². The summed E-state index contributed by atoms with van der Waals surface area (Å²) in [5.74, 6) is 0.636. The van der Waals surface area contributed by atoms with Gasteiger partial charge in [-0.2, -0.15) is 0 Å². The predicted octanol–water partition coefficient (Wildman–Crippen LogP) is 2.86. The smallest absolute Gasteiger partial charge is 0.187 e. The molecule has 0 radical (unpaired) electrons. The molecule has 6 nitrogen and oxygen atoms in total. The molecule has 3 heterocycles. The highest BCUT2D eigenvalue weighted by atomic mass is 32.2. The third-order valence-electron chi connectivity index (χ3n) is 3.89. The van der Waals surface area contributed by atoms with E-state index in [-0.39, 0.29) is 0 Å². The van der Waals surface area contributed by atoms with Crippen molar-refractivity contribution in [3.05, 3.63) is 67.0 Å². The number of rotatable bonds is 3. The molecule has 1 aromatic carbocycles. The Bertz CT molecular complexity index is 1170. The van der Waals surface area contributed by atoms with Gasteiger partial charge in [0.05, 0.1) is 4.90 Å². The maximum Gasteiger partial charge on any atom is 0.187 e. The van der Waals surface area contributed by atoms with Crippen LogP contribution >= 0.6 is 0 Å². The number of aromatic nitrogens is 4. The van der Waals surface area contributed by atoms with E-state index in [0.29, 0.717) is 16.4 Å². The van der Waals surface area contributed by atoms with Gasteiger partial charge in [0.1, 0.15) is 5.69 Å². The number of sulfone groups is 1. The lowest BCUT2D eigenvalue weighted by atomic mass is 10.1. The van der Waals surface area contributed by atoms with Crippen molar-refractivity contribution < 1.29 is 8.42 Å². The van der Waals surface area contributed by atoms with Gasteiger partial charge in [0, 0.05) is 18.6 Å². The first-order chi connectivity index (χ1) is 12.0. The topological polar surface area (TPSA) is 77.2 Å². The molecule has 0 bridgehead atoms. The van der Waals surface area contributed by atoms with Gasteiger partial charge in [-0.1, -0.05) is 18.2 Å². The van der Waals surface area contributed by atoms with Crippen LogP contribution in [0.25, 0.3) is 28.3 Å². The van der Waals surface area contributed by atoms with Gasteiger partial charge in [-0.3, -0.25) is 9.38 Å². The molecule has 4 rings (SSSR count). The minimum Gasteiger partial charge on any atom is -0.281 e. The molecule has 0 aliphatic rings. The van der Waals surface area contributed by atoms with Crippen molar-refractivity contribution in [1.29, 1.82) is 0 Å². The Morgan fingerprint density at radius 3 is 2.56 bits per heavy atom. The quantitative estimate of drug-likeness (QED) is 0.568. The Morgan fingerprint density at radius 2 is 1.80 bits per heavy atom. The SMILES string of the molecule is CS(=O)(=O)c1cccc(-c2ccc3nnc(-c4ccccn4)n3c2)c1. The fraction of sp³-hybridized carbons (Fsp3) is 0.0556. The average molecular weight is 350 g/mol. The number of pyridine rings is 2. The standard InChI is InChI=1S/C18H14N4O2S/c1-25(23,24)15-6-4-5-13(11-15)14-8-9-17-20-21-18(22(17)12-14)16-7-2-3-10-19-16/h2-12H,1H3. The summed E-state index contributed by atoms with van der Waals surface area (Å²) in [4.78, 5) is 4.61. The van der Waals surface area contributed by atoms with Crippen LogP contribution in [0.1, 0.15) is 0 Å². The summed E-state index contributed by atoms with van der Waals surface area (Å²) in [5, 5.41) is 8.38. The van der Waals surface area contributed by atoms with Gasteiger partial charge >= 0.3 is 0 Å². The summed E-state index contributed by atoms with van der Waals surface area (Å²) in [6.07, 6.45) is 4.80. The van der Waals surface area contributed by atoms with Crippen molar-refractivity contribution in [3.63, 3.8) is 0 Å². The van der Waals surface area contributed by atoms with Crippen LogP contribution in [0.4, 0.5) is 0 Å². The van der Waals surface area contributed by atoms with E-state index in [1.807, 2.05) is 47.0 Å². The average Bonchev–Trinajstić information content (AvgIpc) is 3.05. The number of hydrogen-bond acceptors (Lipinski definition) is 5. The van der Waals surface area contributed by atoms with Crippen LogP contribution in [0.15, 0.2) is 71.9 Å². The molecule has 25 heavy (non-hydrogen) atoms. The van der Waals surface area contributed by atoms with E-state index in [1.165, 1.54) is 6.26 Å². The highest BCUT2D eigenvalue weighted by Gasteiger charge is 2.12. The van der Waals surface area contributed by atoms with Gasteiger partial charge in [0.2, 0.25) is 0 Å². The van der Waals surface area contributed by atoms with Crippen LogP contribution in [0, 0.1) is 0 Å². The van der Waals surface area contributed by atoms with E-state index in [1.54, 1.807) is 24.4 Å². The second-order valence-electron chi connectivity index (χ2n) is 5.68.